The van der Waals surface area contributed by atoms with Crippen molar-refractivity contribution in [2.75, 3.05) is 17.7 Å². The minimum atomic E-state index is -0.604. The molecule has 0 aliphatic rings. The molecular weight excluding hydrogens is 304 g/mol. The van der Waals surface area contributed by atoms with Crippen LogP contribution in [-0.4, -0.2) is 17.9 Å². The second kappa shape index (κ2) is 6.07. The number of carbonyl (C=O) groups excluding carboxylic acids is 1. The van der Waals surface area contributed by atoms with Gasteiger partial charge in [-0.25, -0.2) is 9.37 Å². The minimum absolute atomic E-state index is 0.00702. The van der Waals surface area contributed by atoms with E-state index in [1.165, 1.54) is 24.3 Å². The van der Waals surface area contributed by atoms with Gasteiger partial charge >= 0.3 is 0 Å². The van der Waals surface area contributed by atoms with Crippen molar-refractivity contribution < 1.29 is 9.18 Å². The number of carbonyl (C=O) groups is 1. The molecule has 2 N–H and O–H groups in total. The SMILES string of the molecule is CNc1cc(C(=O)Nc2ccc(Cl)c(F)c2)cc(Cl)n1. The second-order valence-electron chi connectivity index (χ2n) is 3.90. The molecule has 0 spiro atoms. The molecule has 2 rings (SSSR count). The van der Waals surface area contributed by atoms with E-state index in [0.29, 0.717) is 17.1 Å². The summed E-state index contributed by atoms with van der Waals surface area (Å²) in [5.74, 6) is -0.564. The molecule has 1 aromatic heterocycles. The van der Waals surface area contributed by atoms with Crippen molar-refractivity contribution in [3.63, 3.8) is 0 Å². The molecule has 0 fully saturated rings. The Kier molecular flexibility index (Phi) is 4.42. The van der Waals surface area contributed by atoms with Crippen molar-refractivity contribution in [2.45, 2.75) is 0 Å². The average Bonchev–Trinajstić information content (AvgIpc) is 2.42. The largest absolute Gasteiger partial charge is 0.373 e. The highest BCUT2D eigenvalue weighted by atomic mass is 35.5. The first-order valence-electron chi connectivity index (χ1n) is 5.61. The highest BCUT2D eigenvalue weighted by molar-refractivity contribution is 6.31. The van der Waals surface area contributed by atoms with Gasteiger partial charge in [0.15, 0.2) is 0 Å². The molecule has 20 heavy (non-hydrogen) atoms. The lowest BCUT2D eigenvalue weighted by Crippen LogP contribution is -2.12. The van der Waals surface area contributed by atoms with Gasteiger partial charge in [0.25, 0.3) is 5.91 Å². The number of hydrogen-bond acceptors (Lipinski definition) is 3. The van der Waals surface area contributed by atoms with Gasteiger partial charge in [-0.2, -0.15) is 0 Å². The summed E-state index contributed by atoms with van der Waals surface area (Å²) in [5, 5.41) is 5.52. The Bertz CT molecular complexity index is 664. The van der Waals surface area contributed by atoms with Crippen LogP contribution in [0.5, 0.6) is 0 Å². The molecule has 1 heterocycles. The van der Waals surface area contributed by atoms with Crippen molar-refractivity contribution in [2.24, 2.45) is 0 Å². The van der Waals surface area contributed by atoms with Crippen LogP contribution in [0.4, 0.5) is 15.9 Å². The molecule has 1 amide bonds. The Labute approximate surface area is 124 Å². The van der Waals surface area contributed by atoms with Crippen molar-refractivity contribution in [3.05, 3.63) is 51.9 Å². The first-order chi connectivity index (χ1) is 9.49. The maximum atomic E-state index is 13.3. The van der Waals surface area contributed by atoms with Gasteiger partial charge in [0.05, 0.1) is 5.02 Å². The first kappa shape index (κ1) is 14.6. The van der Waals surface area contributed by atoms with E-state index >= 15 is 0 Å². The summed E-state index contributed by atoms with van der Waals surface area (Å²) in [5.41, 5.74) is 0.612. The predicted molar refractivity (Wildman–Crippen MR) is 78.2 cm³/mol. The maximum Gasteiger partial charge on any atom is 0.255 e. The molecule has 0 aliphatic heterocycles. The zero-order valence-electron chi connectivity index (χ0n) is 10.4. The Hall–Kier alpha value is -1.85. The van der Waals surface area contributed by atoms with Gasteiger partial charge in [-0.15, -0.1) is 0 Å². The molecule has 0 unspecified atom stereocenters. The summed E-state index contributed by atoms with van der Waals surface area (Å²) in [6, 6.07) is 6.97. The molecule has 0 saturated heterocycles. The van der Waals surface area contributed by atoms with E-state index in [4.69, 9.17) is 23.2 Å². The molecule has 0 radical (unpaired) electrons. The fourth-order valence-corrected chi connectivity index (χ4v) is 1.86. The zero-order chi connectivity index (χ0) is 14.7. The van der Waals surface area contributed by atoms with Gasteiger partial charge in [0.1, 0.15) is 16.8 Å². The number of nitrogens with zero attached hydrogens (tertiary/aromatic N) is 1. The summed E-state index contributed by atoms with van der Waals surface area (Å²) < 4.78 is 13.3. The topological polar surface area (TPSA) is 54.0 Å². The van der Waals surface area contributed by atoms with Crippen molar-refractivity contribution in [3.8, 4) is 0 Å². The van der Waals surface area contributed by atoms with Gasteiger partial charge in [-0.1, -0.05) is 23.2 Å². The number of anilines is 2. The minimum Gasteiger partial charge on any atom is -0.373 e. The fraction of sp³-hybridized carbons (Fsp3) is 0.0769. The second-order valence-corrected chi connectivity index (χ2v) is 4.69. The van der Waals surface area contributed by atoms with E-state index in [1.807, 2.05) is 0 Å². The Morgan fingerprint density at radius 3 is 2.65 bits per heavy atom. The van der Waals surface area contributed by atoms with Crippen LogP contribution in [0.1, 0.15) is 10.4 Å². The van der Waals surface area contributed by atoms with Crippen LogP contribution in [0.15, 0.2) is 30.3 Å². The molecule has 4 nitrogen and oxygen atoms in total. The number of rotatable bonds is 3. The van der Waals surface area contributed by atoms with Crippen LogP contribution in [0.2, 0.25) is 10.2 Å². The Morgan fingerprint density at radius 2 is 2.00 bits per heavy atom. The smallest absolute Gasteiger partial charge is 0.255 e. The first-order valence-corrected chi connectivity index (χ1v) is 6.37. The maximum absolute atomic E-state index is 13.3. The van der Waals surface area contributed by atoms with Crippen LogP contribution in [-0.2, 0) is 0 Å². The van der Waals surface area contributed by atoms with E-state index in [1.54, 1.807) is 7.05 Å². The molecule has 0 atom stereocenters. The van der Waals surface area contributed by atoms with Crippen molar-refractivity contribution >= 4 is 40.6 Å². The third-order valence-electron chi connectivity index (χ3n) is 2.49. The summed E-state index contributed by atoms with van der Waals surface area (Å²) in [7, 11) is 1.66. The number of hydrogen-bond donors (Lipinski definition) is 2. The van der Waals surface area contributed by atoms with Crippen LogP contribution >= 0.6 is 23.2 Å². The van der Waals surface area contributed by atoms with Gasteiger partial charge in [-0.3, -0.25) is 4.79 Å². The lowest BCUT2D eigenvalue weighted by atomic mass is 10.2. The van der Waals surface area contributed by atoms with E-state index in [9.17, 15) is 9.18 Å². The van der Waals surface area contributed by atoms with Crippen LogP contribution < -0.4 is 10.6 Å². The Balaban J connectivity index is 2.23. The van der Waals surface area contributed by atoms with Crippen LogP contribution in [0, 0.1) is 5.82 Å². The third kappa shape index (κ3) is 3.37. The lowest BCUT2D eigenvalue weighted by molar-refractivity contribution is 0.102. The molecule has 1 aromatic carbocycles. The number of nitrogens with one attached hydrogen (secondary N) is 2. The standard InChI is InChI=1S/C13H10Cl2FN3O/c1-17-12-5-7(4-11(15)19-12)13(20)18-8-2-3-9(14)10(16)6-8/h2-6H,1H3,(H,17,19)(H,18,20). The van der Waals surface area contributed by atoms with E-state index in [-0.39, 0.29) is 10.2 Å². The highest BCUT2D eigenvalue weighted by Gasteiger charge is 2.10. The number of halogens is 3. The van der Waals surface area contributed by atoms with Crippen LogP contribution in [0.25, 0.3) is 0 Å². The molecule has 2 aromatic rings. The highest BCUT2D eigenvalue weighted by Crippen LogP contribution is 2.20. The zero-order valence-corrected chi connectivity index (χ0v) is 11.9. The molecule has 104 valence electrons. The summed E-state index contributed by atoms with van der Waals surface area (Å²) >= 11 is 11.4. The number of aromatic nitrogens is 1. The molecule has 0 bridgehead atoms. The molecular formula is C13H10Cl2FN3O. The van der Waals surface area contributed by atoms with Gasteiger partial charge in [0.2, 0.25) is 0 Å². The van der Waals surface area contributed by atoms with Crippen molar-refractivity contribution in [1.29, 1.82) is 0 Å². The van der Waals surface area contributed by atoms with Gasteiger partial charge in [0, 0.05) is 18.3 Å². The van der Waals surface area contributed by atoms with E-state index < -0.39 is 11.7 Å². The monoisotopic (exact) mass is 313 g/mol. The predicted octanol–water partition coefficient (Wildman–Crippen LogP) is 3.82. The number of pyridine rings is 1. The number of benzene rings is 1. The molecule has 0 aliphatic carbocycles. The summed E-state index contributed by atoms with van der Waals surface area (Å²) in [6.45, 7) is 0. The number of amides is 1. The van der Waals surface area contributed by atoms with Gasteiger partial charge in [-0.05, 0) is 30.3 Å². The summed E-state index contributed by atoms with van der Waals surface area (Å²) in [6.07, 6.45) is 0. The fourth-order valence-electron chi connectivity index (χ4n) is 1.53. The third-order valence-corrected chi connectivity index (χ3v) is 2.99. The molecule has 0 saturated carbocycles. The quantitative estimate of drug-likeness (QED) is 0.847. The summed E-state index contributed by atoms with van der Waals surface area (Å²) in [4.78, 5) is 16.0. The van der Waals surface area contributed by atoms with E-state index in [2.05, 4.69) is 15.6 Å². The molecule has 7 heteroatoms. The average molecular weight is 314 g/mol. The van der Waals surface area contributed by atoms with Crippen molar-refractivity contribution in [1.82, 2.24) is 4.98 Å². The van der Waals surface area contributed by atoms with Gasteiger partial charge < -0.3 is 10.6 Å². The van der Waals surface area contributed by atoms with Crippen LogP contribution in [0.3, 0.4) is 0 Å². The normalized spacial score (nSPS) is 10.2. The lowest BCUT2D eigenvalue weighted by Gasteiger charge is -2.08. The Morgan fingerprint density at radius 1 is 1.25 bits per heavy atom. The van der Waals surface area contributed by atoms with E-state index in [0.717, 1.165) is 6.07 Å².